The molecule has 3 aromatic heterocycles. The molecule has 1 saturated heterocycles. The van der Waals surface area contributed by atoms with E-state index in [1.54, 1.807) is 36.9 Å². The summed E-state index contributed by atoms with van der Waals surface area (Å²) >= 11 is 0. The normalized spacial score (nSPS) is 18.3. The zero-order valence-electron chi connectivity index (χ0n) is 12.5. The van der Waals surface area contributed by atoms with E-state index in [9.17, 15) is 4.79 Å². The molecule has 1 aliphatic rings. The van der Waals surface area contributed by atoms with Crippen molar-refractivity contribution in [2.45, 2.75) is 18.8 Å². The quantitative estimate of drug-likeness (QED) is 0.779. The van der Waals surface area contributed by atoms with Crippen molar-refractivity contribution < 1.29 is 4.79 Å². The van der Waals surface area contributed by atoms with Crippen LogP contribution in [0.1, 0.15) is 34.8 Å². The lowest BCUT2D eigenvalue weighted by Crippen LogP contribution is -2.39. The van der Waals surface area contributed by atoms with Crippen molar-refractivity contribution in [1.82, 2.24) is 30.0 Å². The van der Waals surface area contributed by atoms with Gasteiger partial charge in [0.2, 0.25) is 0 Å². The number of likely N-dealkylation sites (tertiary alicyclic amines) is 1. The number of pyridine rings is 1. The Morgan fingerprint density at radius 1 is 1.26 bits per heavy atom. The smallest absolute Gasteiger partial charge is 0.255 e. The summed E-state index contributed by atoms with van der Waals surface area (Å²) in [5, 5.41) is 7.27. The Morgan fingerprint density at radius 3 is 3.04 bits per heavy atom. The predicted octanol–water partition coefficient (Wildman–Crippen LogP) is 1.77. The van der Waals surface area contributed by atoms with Crippen LogP contribution in [-0.2, 0) is 0 Å². The van der Waals surface area contributed by atoms with Gasteiger partial charge in [0.25, 0.3) is 5.91 Å². The molecule has 23 heavy (non-hydrogen) atoms. The third-order valence-corrected chi connectivity index (χ3v) is 4.24. The van der Waals surface area contributed by atoms with Crippen LogP contribution in [0.4, 0.5) is 0 Å². The van der Waals surface area contributed by atoms with Crippen LogP contribution in [0.5, 0.6) is 0 Å². The first kappa shape index (κ1) is 13.8. The third-order valence-electron chi connectivity index (χ3n) is 4.24. The number of fused-ring (bicyclic) bond motifs is 1. The molecule has 1 aliphatic heterocycles. The van der Waals surface area contributed by atoms with E-state index in [4.69, 9.17) is 0 Å². The highest BCUT2D eigenvalue weighted by molar-refractivity contribution is 5.94. The first-order valence-electron chi connectivity index (χ1n) is 7.67. The molecule has 3 aromatic rings. The van der Waals surface area contributed by atoms with Crippen LogP contribution in [0, 0.1) is 0 Å². The van der Waals surface area contributed by atoms with Crippen LogP contribution in [0.25, 0.3) is 11.2 Å². The van der Waals surface area contributed by atoms with E-state index in [-0.39, 0.29) is 11.8 Å². The van der Waals surface area contributed by atoms with Crippen LogP contribution in [0.2, 0.25) is 0 Å². The largest absolute Gasteiger partial charge is 0.338 e. The Bertz CT molecular complexity index is 831. The van der Waals surface area contributed by atoms with Gasteiger partial charge in [-0.2, -0.15) is 5.10 Å². The number of nitrogens with one attached hydrogen (secondary N) is 1. The Hall–Kier alpha value is -2.83. The molecule has 1 atom stereocenters. The number of H-pyrrole nitrogens is 1. The second kappa shape index (κ2) is 5.75. The Balaban J connectivity index is 1.59. The van der Waals surface area contributed by atoms with Gasteiger partial charge in [0.1, 0.15) is 5.52 Å². The zero-order chi connectivity index (χ0) is 15.6. The van der Waals surface area contributed by atoms with E-state index in [0.717, 1.165) is 30.6 Å². The summed E-state index contributed by atoms with van der Waals surface area (Å²) in [6.45, 7) is 1.42. The minimum absolute atomic E-state index is 0.0257. The topological polar surface area (TPSA) is 87.7 Å². The summed E-state index contributed by atoms with van der Waals surface area (Å²) in [4.78, 5) is 27.1. The zero-order valence-corrected chi connectivity index (χ0v) is 12.5. The van der Waals surface area contributed by atoms with Gasteiger partial charge in [0.15, 0.2) is 5.65 Å². The molecular weight excluding hydrogens is 292 g/mol. The number of aromatic amines is 1. The molecule has 1 amide bonds. The Kier molecular flexibility index (Phi) is 3.45. The Morgan fingerprint density at radius 2 is 2.17 bits per heavy atom. The minimum atomic E-state index is 0.0257. The van der Waals surface area contributed by atoms with Crippen molar-refractivity contribution >= 4 is 17.1 Å². The number of amides is 1. The van der Waals surface area contributed by atoms with Gasteiger partial charge < -0.3 is 4.90 Å². The molecule has 7 nitrogen and oxygen atoms in total. The molecule has 0 aliphatic carbocycles. The van der Waals surface area contributed by atoms with E-state index < -0.39 is 0 Å². The van der Waals surface area contributed by atoms with E-state index >= 15 is 0 Å². The average molecular weight is 308 g/mol. The molecule has 1 fully saturated rings. The summed E-state index contributed by atoms with van der Waals surface area (Å²) in [6, 6.07) is 3.59. The second-order valence-corrected chi connectivity index (χ2v) is 5.70. The van der Waals surface area contributed by atoms with E-state index in [0.29, 0.717) is 17.8 Å². The van der Waals surface area contributed by atoms with Crippen molar-refractivity contribution in [2.75, 3.05) is 13.1 Å². The molecule has 0 spiro atoms. The third kappa shape index (κ3) is 2.54. The fraction of sp³-hybridized carbons (Fsp3) is 0.312. The second-order valence-electron chi connectivity index (χ2n) is 5.70. The summed E-state index contributed by atoms with van der Waals surface area (Å²) < 4.78 is 0. The molecule has 0 aromatic carbocycles. The van der Waals surface area contributed by atoms with Gasteiger partial charge in [-0.3, -0.25) is 14.9 Å². The van der Waals surface area contributed by atoms with Crippen LogP contribution < -0.4 is 0 Å². The summed E-state index contributed by atoms with van der Waals surface area (Å²) in [7, 11) is 0. The lowest BCUT2D eigenvalue weighted by molar-refractivity contribution is 0.0705. The van der Waals surface area contributed by atoms with E-state index in [1.807, 2.05) is 4.90 Å². The Labute approximate surface area is 132 Å². The fourth-order valence-corrected chi connectivity index (χ4v) is 3.12. The predicted molar refractivity (Wildman–Crippen MR) is 83.8 cm³/mol. The molecule has 1 unspecified atom stereocenters. The van der Waals surface area contributed by atoms with E-state index in [2.05, 4.69) is 25.1 Å². The highest BCUT2D eigenvalue weighted by Crippen LogP contribution is 2.29. The van der Waals surface area contributed by atoms with Gasteiger partial charge >= 0.3 is 0 Å². The van der Waals surface area contributed by atoms with Crippen LogP contribution in [0.15, 0.2) is 36.9 Å². The highest BCUT2D eigenvalue weighted by Gasteiger charge is 2.28. The van der Waals surface area contributed by atoms with Gasteiger partial charge in [0.05, 0.1) is 11.3 Å². The summed E-state index contributed by atoms with van der Waals surface area (Å²) in [6.07, 6.45) is 8.55. The maximum Gasteiger partial charge on any atom is 0.255 e. The maximum absolute atomic E-state index is 12.6. The monoisotopic (exact) mass is 308 g/mol. The SMILES string of the molecule is O=C(c1cccnc1)N1CCCC(c2[nH]nc3nccnc23)C1. The number of nitrogens with zero attached hydrogens (tertiary/aromatic N) is 5. The number of carbonyl (C=O) groups is 1. The first-order chi connectivity index (χ1) is 11.3. The minimum Gasteiger partial charge on any atom is -0.338 e. The molecular formula is C16H16N6O. The number of hydrogen-bond acceptors (Lipinski definition) is 5. The standard InChI is InChI=1S/C16H16N6O/c23-16(11-3-1-5-17-9-11)22-8-2-4-12(10-22)13-14-15(21-20-13)19-7-6-18-14/h1,3,5-7,9,12H,2,4,8,10H2,(H,19,20,21). The molecule has 0 bridgehead atoms. The van der Waals surface area contributed by atoms with Gasteiger partial charge in [-0.15, -0.1) is 0 Å². The average Bonchev–Trinajstić information content (AvgIpc) is 3.06. The molecule has 4 rings (SSSR count). The van der Waals surface area contributed by atoms with Crippen molar-refractivity contribution in [1.29, 1.82) is 0 Å². The van der Waals surface area contributed by atoms with Crippen LogP contribution >= 0.6 is 0 Å². The summed E-state index contributed by atoms with van der Waals surface area (Å²) in [5.41, 5.74) is 3.02. The molecule has 1 N–H and O–H groups in total. The van der Waals surface area contributed by atoms with E-state index in [1.165, 1.54) is 0 Å². The lowest BCUT2D eigenvalue weighted by atomic mass is 9.94. The van der Waals surface area contributed by atoms with Crippen LogP contribution in [-0.4, -0.2) is 49.0 Å². The lowest BCUT2D eigenvalue weighted by Gasteiger charge is -2.32. The molecule has 0 radical (unpaired) electrons. The molecule has 4 heterocycles. The maximum atomic E-state index is 12.6. The number of aromatic nitrogens is 5. The van der Waals surface area contributed by atoms with Gasteiger partial charge in [-0.05, 0) is 25.0 Å². The molecule has 0 saturated carbocycles. The molecule has 7 heteroatoms. The van der Waals surface area contributed by atoms with Crippen molar-refractivity contribution in [2.24, 2.45) is 0 Å². The molecule has 116 valence electrons. The van der Waals surface area contributed by atoms with Gasteiger partial charge in [-0.1, -0.05) is 0 Å². The van der Waals surface area contributed by atoms with Crippen LogP contribution in [0.3, 0.4) is 0 Å². The van der Waals surface area contributed by atoms with Crippen molar-refractivity contribution in [3.05, 3.63) is 48.2 Å². The number of rotatable bonds is 2. The van der Waals surface area contributed by atoms with Crippen molar-refractivity contribution in [3.63, 3.8) is 0 Å². The highest BCUT2D eigenvalue weighted by atomic mass is 16.2. The first-order valence-corrected chi connectivity index (χ1v) is 7.67. The number of carbonyl (C=O) groups excluding carboxylic acids is 1. The van der Waals surface area contributed by atoms with Gasteiger partial charge in [0, 0.05) is 43.8 Å². The van der Waals surface area contributed by atoms with Crippen molar-refractivity contribution in [3.8, 4) is 0 Å². The number of hydrogen-bond donors (Lipinski definition) is 1. The summed E-state index contributed by atoms with van der Waals surface area (Å²) in [5.74, 6) is 0.226. The number of piperidine rings is 1. The van der Waals surface area contributed by atoms with Gasteiger partial charge in [-0.25, -0.2) is 9.97 Å². The fourth-order valence-electron chi connectivity index (χ4n) is 3.12.